The summed E-state index contributed by atoms with van der Waals surface area (Å²) in [6.45, 7) is 1.31. The molecule has 2 heteroatoms. The number of benzene rings is 2. The number of hydrogen-bond donors (Lipinski definition) is 0. The highest BCUT2D eigenvalue weighted by Gasteiger charge is 2.27. The fraction of sp³-hybridized carbons (Fsp3) is 0.316. The number of carbonyl (C=O) groups is 1. The highest BCUT2D eigenvalue weighted by atomic mass is 16.5. The van der Waals surface area contributed by atoms with E-state index in [-0.39, 0.29) is 11.7 Å². The summed E-state index contributed by atoms with van der Waals surface area (Å²) in [5.74, 6) is 0.284. The minimum Gasteiger partial charge on any atom is -0.372 e. The van der Waals surface area contributed by atoms with Crippen LogP contribution in [0.1, 0.15) is 51.4 Å². The molecule has 4 rings (SSSR count). The normalized spacial score (nSPS) is 19.9. The third-order valence-corrected chi connectivity index (χ3v) is 4.69. The smallest absolute Gasteiger partial charge is 0.170 e. The van der Waals surface area contributed by atoms with Gasteiger partial charge in [0.1, 0.15) is 0 Å². The summed E-state index contributed by atoms with van der Waals surface area (Å²) < 4.78 is 5.44. The van der Waals surface area contributed by atoms with E-state index in [1.54, 1.807) is 0 Å². The Morgan fingerprint density at radius 3 is 2.81 bits per heavy atom. The number of rotatable bonds is 2. The molecule has 0 aromatic heterocycles. The second-order valence-corrected chi connectivity index (χ2v) is 5.98. The van der Waals surface area contributed by atoms with Crippen LogP contribution < -0.4 is 0 Å². The number of ketones is 1. The molecule has 2 aromatic rings. The molecule has 0 fully saturated rings. The topological polar surface area (TPSA) is 26.3 Å². The Labute approximate surface area is 124 Å². The van der Waals surface area contributed by atoms with Crippen molar-refractivity contribution in [2.75, 3.05) is 0 Å². The SMILES string of the molecule is O=C(c1ccc2c(c1)COC2)C1CCCc2ccccc21. The van der Waals surface area contributed by atoms with Crippen LogP contribution in [0.5, 0.6) is 0 Å². The Balaban J connectivity index is 1.70. The van der Waals surface area contributed by atoms with Gasteiger partial charge in [0, 0.05) is 11.5 Å². The quantitative estimate of drug-likeness (QED) is 0.776. The Kier molecular flexibility index (Phi) is 3.12. The van der Waals surface area contributed by atoms with Gasteiger partial charge in [0.2, 0.25) is 0 Å². The van der Waals surface area contributed by atoms with E-state index in [0.717, 1.165) is 24.8 Å². The molecule has 2 aromatic carbocycles. The molecule has 21 heavy (non-hydrogen) atoms. The molecule has 2 nitrogen and oxygen atoms in total. The van der Waals surface area contributed by atoms with Crippen LogP contribution in [0.15, 0.2) is 42.5 Å². The van der Waals surface area contributed by atoms with Crippen molar-refractivity contribution in [3.8, 4) is 0 Å². The fourth-order valence-corrected chi connectivity index (χ4v) is 3.55. The zero-order chi connectivity index (χ0) is 14.2. The number of fused-ring (bicyclic) bond motifs is 2. The van der Waals surface area contributed by atoms with Crippen LogP contribution >= 0.6 is 0 Å². The van der Waals surface area contributed by atoms with Crippen LogP contribution in [0.2, 0.25) is 0 Å². The largest absolute Gasteiger partial charge is 0.372 e. The van der Waals surface area contributed by atoms with Crippen molar-refractivity contribution in [1.82, 2.24) is 0 Å². The van der Waals surface area contributed by atoms with Crippen molar-refractivity contribution in [1.29, 1.82) is 0 Å². The van der Waals surface area contributed by atoms with Crippen molar-refractivity contribution in [2.45, 2.75) is 38.4 Å². The lowest BCUT2D eigenvalue weighted by Crippen LogP contribution is -2.18. The van der Waals surface area contributed by atoms with Crippen molar-refractivity contribution in [2.24, 2.45) is 0 Å². The van der Waals surface area contributed by atoms with Crippen LogP contribution in [0, 0.1) is 0 Å². The van der Waals surface area contributed by atoms with E-state index in [1.807, 2.05) is 24.3 Å². The van der Waals surface area contributed by atoms with E-state index in [0.29, 0.717) is 13.2 Å². The van der Waals surface area contributed by atoms with Crippen LogP contribution in [0.25, 0.3) is 0 Å². The number of aryl methyl sites for hydroxylation is 1. The maximum absolute atomic E-state index is 12.9. The zero-order valence-corrected chi connectivity index (χ0v) is 12.0. The van der Waals surface area contributed by atoms with Gasteiger partial charge in [-0.2, -0.15) is 0 Å². The molecule has 106 valence electrons. The standard InChI is InChI=1S/C19H18O2/c20-19(14-8-9-15-11-21-12-16(15)10-14)18-7-3-5-13-4-1-2-6-17(13)18/h1-2,4,6,8-10,18H,3,5,7,11-12H2. The summed E-state index contributed by atoms with van der Waals surface area (Å²) in [7, 11) is 0. The van der Waals surface area contributed by atoms with Crippen molar-refractivity contribution < 1.29 is 9.53 Å². The predicted molar refractivity (Wildman–Crippen MR) is 81.4 cm³/mol. The molecule has 0 N–H and O–H groups in total. The number of hydrogen-bond acceptors (Lipinski definition) is 2. The molecule has 1 aliphatic heterocycles. The third-order valence-electron chi connectivity index (χ3n) is 4.69. The Bertz CT molecular complexity index is 702. The summed E-state index contributed by atoms with van der Waals surface area (Å²) in [5, 5.41) is 0. The lowest BCUT2D eigenvalue weighted by molar-refractivity contribution is 0.0951. The van der Waals surface area contributed by atoms with Gasteiger partial charge in [0.15, 0.2) is 5.78 Å². The first-order valence-corrected chi connectivity index (χ1v) is 7.64. The van der Waals surface area contributed by atoms with Crippen LogP contribution in [0.3, 0.4) is 0 Å². The molecule has 0 spiro atoms. The molecule has 1 unspecified atom stereocenters. The number of ether oxygens (including phenoxy) is 1. The number of Topliss-reactive ketones (excluding diaryl/α,β-unsaturated/α-hetero) is 1. The van der Waals surface area contributed by atoms with Crippen LogP contribution in [-0.2, 0) is 24.4 Å². The van der Waals surface area contributed by atoms with Gasteiger partial charge in [-0.05, 0) is 47.6 Å². The minimum atomic E-state index is 0.0234. The predicted octanol–water partition coefficient (Wildman–Crippen LogP) is 4.02. The molecular formula is C19H18O2. The van der Waals surface area contributed by atoms with Crippen LogP contribution in [0.4, 0.5) is 0 Å². The third kappa shape index (κ3) is 2.20. The Morgan fingerprint density at radius 2 is 1.86 bits per heavy atom. The molecule has 0 amide bonds. The second-order valence-electron chi connectivity index (χ2n) is 5.98. The van der Waals surface area contributed by atoms with E-state index in [4.69, 9.17) is 4.74 Å². The Hall–Kier alpha value is -1.93. The molecule has 2 aliphatic rings. The van der Waals surface area contributed by atoms with Gasteiger partial charge in [0.25, 0.3) is 0 Å². The molecule has 1 atom stereocenters. The summed E-state index contributed by atoms with van der Waals surface area (Å²) >= 11 is 0. The van der Waals surface area contributed by atoms with E-state index >= 15 is 0 Å². The van der Waals surface area contributed by atoms with Gasteiger partial charge in [-0.25, -0.2) is 0 Å². The molecule has 1 heterocycles. The van der Waals surface area contributed by atoms with Gasteiger partial charge < -0.3 is 4.74 Å². The van der Waals surface area contributed by atoms with Gasteiger partial charge >= 0.3 is 0 Å². The van der Waals surface area contributed by atoms with Crippen molar-refractivity contribution in [3.05, 3.63) is 70.3 Å². The highest BCUT2D eigenvalue weighted by molar-refractivity contribution is 6.01. The lowest BCUT2D eigenvalue weighted by Gasteiger charge is -2.24. The molecule has 0 saturated heterocycles. The number of carbonyl (C=O) groups excluding carboxylic acids is 1. The maximum Gasteiger partial charge on any atom is 0.170 e. The highest BCUT2D eigenvalue weighted by Crippen LogP contribution is 2.34. The van der Waals surface area contributed by atoms with E-state index in [1.165, 1.54) is 22.3 Å². The van der Waals surface area contributed by atoms with Gasteiger partial charge in [-0.1, -0.05) is 36.4 Å². The molecular weight excluding hydrogens is 260 g/mol. The average Bonchev–Trinajstić information content (AvgIpc) is 3.01. The minimum absolute atomic E-state index is 0.0234. The van der Waals surface area contributed by atoms with E-state index in [9.17, 15) is 4.79 Å². The van der Waals surface area contributed by atoms with E-state index in [2.05, 4.69) is 18.2 Å². The fourth-order valence-electron chi connectivity index (χ4n) is 3.55. The molecule has 0 radical (unpaired) electrons. The molecule has 1 aliphatic carbocycles. The second kappa shape index (κ2) is 5.12. The first kappa shape index (κ1) is 12.8. The summed E-state index contributed by atoms with van der Waals surface area (Å²) in [5.41, 5.74) is 5.79. The maximum atomic E-state index is 12.9. The molecule has 0 saturated carbocycles. The van der Waals surface area contributed by atoms with Gasteiger partial charge in [-0.15, -0.1) is 0 Å². The average molecular weight is 278 g/mol. The van der Waals surface area contributed by atoms with Gasteiger partial charge in [-0.3, -0.25) is 4.79 Å². The van der Waals surface area contributed by atoms with Gasteiger partial charge in [0.05, 0.1) is 13.2 Å². The monoisotopic (exact) mass is 278 g/mol. The zero-order valence-electron chi connectivity index (χ0n) is 12.0. The van der Waals surface area contributed by atoms with Crippen LogP contribution in [-0.4, -0.2) is 5.78 Å². The van der Waals surface area contributed by atoms with Crippen molar-refractivity contribution in [3.63, 3.8) is 0 Å². The van der Waals surface area contributed by atoms with E-state index < -0.39 is 0 Å². The lowest BCUT2D eigenvalue weighted by atomic mass is 9.78. The summed E-state index contributed by atoms with van der Waals surface area (Å²) in [6, 6.07) is 14.4. The molecule has 0 bridgehead atoms. The van der Waals surface area contributed by atoms with Crippen molar-refractivity contribution >= 4 is 5.78 Å². The first-order valence-electron chi connectivity index (χ1n) is 7.64. The summed E-state index contributed by atoms with van der Waals surface area (Å²) in [6.07, 6.45) is 3.16. The Morgan fingerprint density at radius 1 is 1.00 bits per heavy atom. The first-order chi connectivity index (χ1) is 10.3. The summed E-state index contributed by atoms with van der Waals surface area (Å²) in [4.78, 5) is 12.9.